The first-order valence-electron chi connectivity index (χ1n) is 9.89. The molecule has 0 spiro atoms. The van der Waals surface area contributed by atoms with Crippen molar-refractivity contribution in [1.29, 1.82) is 0 Å². The average molecular weight is 428 g/mol. The van der Waals surface area contributed by atoms with Gasteiger partial charge in [-0.3, -0.25) is 19.5 Å². The highest BCUT2D eigenvalue weighted by molar-refractivity contribution is 7.99. The largest absolute Gasteiger partial charge is 0.379 e. The molecule has 0 radical (unpaired) electrons. The van der Waals surface area contributed by atoms with Crippen LogP contribution in [0, 0.1) is 10.1 Å². The summed E-state index contributed by atoms with van der Waals surface area (Å²) in [5.74, 6) is 0. The number of non-ortho nitro benzene ring substituents is 1. The summed E-state index contributed by atoms with van der Waals surface area (Å²) >= 11 is 1.43. The van der Waals surface area contributed by atoms with Crippen molar-refractivity contribution in [3.05, 3.63) is 74.6 Å². The second-order valence-corrected chi connectivity index (χ2v) is 8.56. The van der Waals surface area contributed by atoms with E-state index in [2.05, 4.69) is 0 Å². The molecule has 3 aromatic rings. The molecule has 0 amide bonds. The van der Waals surface area contributed by atoms with Crippen LogP contribution in [0.5, 0.6) is 0 Å². The molecule has 0 aliphatic rings. The molecule has 1 unspecified atom stereocenters. The fourth-order valence-electron chi connectivity index (χ4n) is 3.09. The van der Waals surface area contributed by atoms with Crippen molar-refractivity contribution in [3.63, 3.8) is 0 Å². The van der Waals surface area contributed by atoms with Crippen LogP contribution in [-0.4, -0.2) is 27.2 Å². The average Bonchev–Trinajstić information content (AvgIpc) is 2.72. The summed E-state index contributed by atoms with van der Waals surface area (Å²) in [6, 6.07) is 13.9. The fraction of sp³-hybridized carbons (Fsp3) is 0.364. The lowest BCUT2D eigenvalue weighted by atomic mass is 10.1. The molecular weight excluding hydrogens is 402 g/mol. The minimum atomic E-state index is -0.403. The molecule has 0 aliphatic heterocycles. The molecular formula is C22H25N3O4S. The van der Waals surface area contributed by atoms with Gasteiger partial charge >= 0.3 is 0 Å². The molecule has 7 nitrogen and oxygen atoms in total. The summed E-state index contributed by atoms with van der Waals surface area (Å²) < 4.78 is 7.30. The molecule has 0 N–H and O–H groups in total. The number of nitro groups is 1. The third kappa shape index (κ3) is 5.25. The van der Waals surface area contributed by atoms with Crippen LogP contribution in [0.3, 0.4) is 0 Å². The lowest BCUT2D eigenvalue weighted by Crippen LogP contribution is -2.24. The number of aromatic nitrogens is 2. The number of hydrogen-bond acceptors (Lipinski definition) is 6. The maximum Gasteiger partial charge on any atom is 0.269 e. The quantitative estimate of drug-likeness (QED) is 0.157. The summed E-state index contributed by atoms with van der Waals surface area (Å²) in [5.41, 5.74) is 1.42. The van der Waals surface area contributed by atoms with E-state index in [-0.39, 0.29) is 22.6 Å². The van der Waals surface area contributed by atoms with Gasteiger partial charge in [0.05, 0.1) is 21.9 Å². The Morgan fingerprint density at radius 3 is 2.67 bits per heavy atom. The van der Waals surface area contributed by atoms with Crippen LogP contribution in [0.2, 0.25) is 0 Å². The zero-order valence-corrected chi connectivity index (χ0v) is 18.1. The Bertz CT molecular complexity index is 1100. The van der Waals surface area contributed by atoms with Gasteiger partial charge in [-0.2, -0.15) is 0 Å². The second kappa shape index (κ2) is 9.86. The molecule has 1 aromatic heterocycles. The van der Waals surface area contributed by atoms with E-state index in [1.165, 1.54) is 17.8 Å². The summed E-state index contributed by atoms with van der Waals surface area (Å²) in [6.07, 6.45) is 0.829. The highest BCUT2D eigenvalue weighted by Gasteiger charge is 2.17. The van der Waals surface area contributed by atoms with Crippen LogP contribution >= 0.6 is 11.8 Å². The van der Waals surface area contributed by atoms with Gasteiger partial charge in [-0.1, -0.05) is 36.0 Å². The van der Waals surface area contributed by atoms with Crippen molar-refractivity contribution in [2.45, 2.75) is 50.2 Å². The predicted octanol–water partition coefficient (Wildman–Crippen LogP) is 4.97. The number of para-hydroxylation sites is 1. The maximum absolute atomic E-state index is 13.1. The minimum absolute atomic E-state index is 0.0506. The maximum atomic E-state index is 13.1. The molecule has 1 atom stereocenters. The summed E-state index contributed by atoms with van der Waals surface area (Å²) in [7, 11) is 0. The Morgan fingerprint density at radius 2 is 1.93 bits per heavy atom. The van der Waals surface area contributed by atoms with Crippen LogP contribution in [0.1, 0.15) is 38.0 Å². The number of rotatable bonds is 9. The molecule has 0 saturated heterocycles. The highest BCUT2D eigenvalue weighted by atomic mass is 32.2. The van der Waals surface area contributed by atoms with E-state index in [0.717, 1.165) is 5.56 Å². The van der Waals surface area contributed by atoms with Crippen molar-refractivity contribution in [2.24, 2.45) is 0 Å². The molecule has 0 aliphatic carbocycles. The van der Waals surface area contributed by atoms with Gasteiger partial charge in [-0.05, 0) is 44.9 Å². The Kier molecular flexibility index (Phi) is 7.23. The molecule has 8 heteroatoms. The number of ether oxygens (including phenoxy) is 1. The van der Waals surface area contributed by atoms with Crippen molar-refractivity contribution >= 4 is 28.4 Å². The molecule has 0 bridgehead atoms. The van der Waals surface area contributed by atoms with Crippen molar-refractivity contribution in [2.75, 3.05) is 6.61 Å². The van der Waals surface area contributed by atoms with E-state index >= 15 is 0 Å². The lowest BCUT2D eigenvalue weighted by molar-refractivity contribution is -0.384. The zero-order valence-electron chi connectivity index (χ0n) is 17.3. The fourth-order valence-corrected chi connectivity index (χ4v) is 4.15. The van der Waals surface area contributed by atoms with E-state index in [9.17, 15) is 14.9 Å². The van der Waals surface area contributed by atoms with Crippen molar-refractivity contribution in [3.8, 4) is 0 Å². The van der Waals surface area contributed by atoms with E-state index in [1.807, 2.05) is 45.0 Å². The standard InChI is InChI=1S/C22H25N3O4S/c1-15(2)29-13-7-12-24-21(26)19-10-4-5-11-20(19)23-22(24)30-16(3)17-8-6-9-18(14-17)25(27)28/h4-6,8-11,14-16H,7,12-13H2,1-3H3. The zero-order chi connectivity index (χ0) is 21.7. The lowest BCUT2D eigenvalue weighted by Gasteiger charge is -2.17. The smallest absolute Gasteiger partial charge is 0.269 e. The Hall–Kier alpha value is -2.71. The number of benzene rings is 2. The van der Waals surface area contributed by atoms with Crippen LogP contribution < -0.4 is 5.56 Å². The number of fused-ring (bicyclic) bond motifs is 1. The number of nitrogens with zero attached hydrogens (tertiary/aromatic N) is 3. The molecule has 2 aromatic carbocycles. The molecule has 30 heavy (non-hydrogen) atoms. The molecule has 0 fully saturated rings. The molecule has 1 heterocycles. The molecule has 158 valence electrons. The Morgan fingerprint density at radius 1 is 1.17 bits per heavy atom. The third-order valence-electron chi connectivity index (χ3n) is 4.64. The van der Waals surface area contributed by atoms with Crippen LogP contribution in [0.25, 0.3) is 10.9 Å². The number of thioether (sulfide) groups is 1. The van der Waals surface area contributed by atoms with Gasteiger partial charge in [-0.25, -0.2) is 4.98 Å². The van der Waals surface area contributed by atoms with Crippen LogP contribution in [-0.2, 0) is 11.3 Å². The normalized spacial score (nSPS) is 12.4. The first kappa shape index (κ1) is 22.0. The Labute approximate surface area is 179 Å². The third-order valence-corrected chi connectivity index (χ3v) is 5.78. The van der Waals surface area contributed by atoms with Gasteiger partial charge in [0.15, 0.2) is 5.16 Å². The van der Waals surface area contributed by atoms with E-state index < -0.39 is 4.92 Å². The van der Waals surface area contributed by atoms with Gasteiger partial charge < -0.3 is 4.74 Å². The Balaban J connectivity index is 1.92. The SMILES string of the molecule is CC(C)OCCCn1c(SC(C)c2cccc([N+](=O)[O-])c2)nc2ccccc2c1=O. The van der Waals surface area contributed by atoms with Gasteiger partial charge in [0.1, 0.15) is 0 Å². The molecule has 0 saturated carbocycles. The number of nitro benzene ring substituents is 1. The monoisotopic (exact) mass is 427 g/mol. The van der Waals surface area contributed by atoms with Gasteiger partial charge in [0.25, 0.3) is 11.2 Å². The van der Waals surface area contributed by atoms with E-state index in [1.54, 1.807) is 22.8 Å². The summed E-state index contributed by atoms with van der Waals surface area (Å²) in [5, 5.41) is 12.2. The van der Waals surface area contributed by atoms with Gasteiger partial charge in [0, 0.05) is 30.5 Å². The first-order chi connectivity index (χ1) is 14.4. The van der Waals surface area contributed by atoms with E-state index in [4.69, 9.17) is 9.72 Å². The number of hydrogen-bond donors (Lipinski definition) is 0. The minimum Gasteiger partial charge on any atom is -0.379 e. The summed E-state index contributed by atoms with van der Waals surface area (Å²) in [6.45, 7) is 6.96. The van der Waals surface area contributed by atoms with E-state index in [0.29, 0.717) is 35.6 Å². The van der Waals surface area contributed by atoms with Gasteiger partial charge in [0.2, 0.25) is 0 Å². The topological polar surface area (TPSA) is 87.3 Å². The van der Waals surface area contributed by atoms with Gasteiger partial charge in [-0.15, -0.1) is 0 Å². The van der Waals surface area contributed by atoms with Crippen LogP contribution in [0.4, 0.5) is 5.69 Å². The van der Waals surface area contributed by atoms with Crippen molar-refractivity contribution in [1.82, 2.24) is 9.55 Å². The first-order valence-corrected chi connectivity index (χ1v) is 10.8. The van der Waals surface area contributed by atoms with Crippen LogP contribution in [0.15, 0.2) is 58.5 Å². The highest BCUT2D eigenvalue weighted by Crippen LogP contribution is 2.35. The second-order valence-electron chi connectivity index (χ2n) is 7.25. The molecule has 3 rings (SSSR count). The van der Waals surface area contributed by atoms with Crippen molar-refractivity contribution < 1.29 is 9.66 Å². The predicted molar refractivity (Wildman–Crippen MR) is 119 cm³/mol. The summed E-state index contributed by atoms with van der Waals surface area (Å²) in [4.78, 5) is 28.5.